The van der Waals surface area contributed by atoms with Gasteiger partial charge in [0, 0.05) is 42.5 Å². The molecule has 1 fully saturated rings. The number of carbonyl (C=O) groups excluding carboxylic acids is 2. The SMILES string of the molecule is Cc1ccccc1C(=O)N1CCN(c2ccc(NC(=O)COc3cc(C)c(Cl)c(C)c3)cc2Cl)CC1. The molecule has 0 saturated carbocycles. The Hall–Kier alpha value is -3.22. The first-order valence-electron chi connectivity index (χ1n) is 11.8. The molecule has 0 bridgehead atoms. The number of nitrogens with one attached hydrogen (secondary N) is 1. The third-order valence-electron chi connectivity index (χ3n) is 6.29. The molecule has 3 aromatic carbocycles. The summed E-state index contributed by atoms with van der Waals surface area (Å²) in [6.45, 7) is 8.20. The summed E-state index contributed by atoms with van der Waals surface area (Å²) in [6.07, 6.45) is 0. The predicted molar refractivity (Wildman–Crippen MR) is 146 cm³/mol. The summed E-state index contributed by atoms with van der Waals surface area (Å²) in [5, 5.41) is 4.06. The Bertz CT molecular complexity index is 1260. The maximum absolute atomic E-state index is 12.9. The van der Waals surface area contributed by atoms with Gasteiger partial charge in [-0.2, -0.15) is 0 Å². The fourth-order valence-corrected chi connectivity index (χ4v) is 4.72. The number of carbonyl (C=O) groups is 2. The first-order valence-corrected chi connectivity index (χ1v) is 12.6. The number of anilines is 2. The minimum atomic E-state index is -0.285. The van der Waals surface area contributed by atoms with Crippen molar-refractivity contribution in [1.82, 2.24) is 4.90 Å². The quantitative estimate of drug-likeness (QED) is 0.435. The summed E-state index contributed by atoms with van der Waals surface area (Å²) in [5.41, 5.74) is 4.99. The molecule has 0 atom stereocenters. The maximum atomic E-state index is 12.9. The van der Waals surface area contributed by atoms with Gasteiger partial charge in [0.25, 0.3) is 11.8 Å². The summed E-state index contributed by atoms with van der Waals surface area (Å²) in [6, 6.07) is 16.7. The van der Waals surface area contributed by atoms with Gasteiger partial charge in [-0.3, -0.25) is 9.59 Å². The molecule has 188 valence electrons. The van der Waals surface area contributed by atoms with E-state index in [1.807, 2.05) is 74.2 Å². The summed E-state index contributed by atoms with van der Waals surface area (Å²) in [4.78, 5) is 29.3. The molecule has 1 aliphatic rings. The Morgan fingerprint density at radius 3 is 2.19 bits per heavy atom. The Balaban J connectivity index is 1.31. The molecule has 1 N–H and O–H groups in total. The summed E-state index contributed by atoms with van der Waals surface area (Å²) in [7, 11) is 0. The van der Waals surface area contributed by atoms with Crippen LogP contribution >= 0.6 is 23.2 Å². The number of ether oxygens (including phenoxy) is 1. The van der Waals surface area contributed by atoms with Crippen molar-refractivity contribution < 1.29 is 14.3 Å². The number of benzene rings is 3. The highest BCUT2D eigenvalue weighted by Gasteiger charge is 2.24. The van der Waals surface area contributed by atoms with Gasteiger partial charge in [-0.15, -0.1) is 0 Å². The van der Waals surface area contributed by atoms with E-state index in [1.54, 1.807) is 6.07 Å². The lowest BCUT2D eigenvalue weighted by Gasteiger charge is -2.36. The molecule has 0 aromatic heterocycles. The van der Waals surface area contributed by atoms with Crippen molar-refractivity contribution >= 4 is 46.4 Å². The third-order valence-corrected chi connectivity index (χ3v) is 7.19. The van der Waals surface area contributed by atoms with Crippen LogP contribution in [0.5, 0.6) is 5.75 Å². The lowest BCUT2D eigenvalue weighted by Crippen LogP contribution is -2.49. The van der Waals surface area contributed by atoms with Gasteiger partial charge in [-0.25, -0.2) is 0 Å². The van der Waals surface area contributed by atoms with E-state index in [9.17, 15) is 9.59 Å². The molecule has 0 unspecified atom stereocenters. The van der Waals surface area contributed by atoms with Gasteiger partial charge in [0.05, 0.1) is 10.7 Å². The summed E-state index contributed by atoms with van der Waals surface area (Å²) >= 11 is 12.8. The number of aryl methyl sites for hydroxylation is 3. The first-order chi connectivity index (χ1) is 17.2. The van der Waals surface area contributed by atoms with E-state index in [1.165, 1.54) is 0 Å². The molecule has 8 heteroatoms. The molecule has 1 aliphatic heterocycles. The molecule has 1 heterocycles. The zero-order chi connectivity index (χ0) is 25.8. The van der Waals surface area contributed by atoms with Crippen molar-refractivity contribution in [3.8, 4) is 5.75 Å². The van der Waals surface area contributed by atoms with E-state index in [0.29, 0.717) is 47.7 Å². The Morgan fingerprint density at radius 1 is 0.889 bits per heavy atom. The maximum Gasteiger partial charge on any atom is 0.262 e. The Labute approximate surface area is 221 Å². The average molecular weight is 526 g/mol. The molecule has 0 spiro atoms. The predicted octanol–water partition coefficient (Wildman–Crippen LogP) is 5.90. The van der Waals surface area contributed by atoms with E-state index < -0.39 is 0 Å². The second kappa shape index (κ2) is 11.2. The van der Waals surface area contributed by atoms with Gasteiger partial charge < -0.3 is 19.9 Å². The van der Waals surface area contributed by atoms with Crippen LogP contribution in [0.25, 0.3) is 0 Å². The monoisotopic (exact) mass is 525 g/mol. The van der Waals surface area contributed by atoms with Gasteiger partial charge in [0.15, 0.2) is 6.61 Å². The molecule has 6 nitrogen and oxygen atoms in total. The van der Waals surface area contributed by atoms with Crippen LogP contribution < -0.4 is 15.0 Å². The van der Waals surface area contributed by atoms with Crippen LogP contribution in [0.4, 0.5) is 11.4 Å². The second-order valence-corrected chi connectivity index (χ2v) is 9.75. The van der Waals surface area contributed by atoms with E-state index >= 15 is 0 Å². The summed E-state index contributed by atoms with van der Waals surface area (Å²) < 4.78 is 5.63. The van der Waals surface area contributed by atoms with Gasteiger partial charge in [-0.1, -0.05) is 41.4 Å². The van der Waals surface area contributed by atoms with Crippen molar-refractivity contribution in [2.75, 3.05) is 43.0 Å². The van der Waals surface area contributed by atoms with Crippen LogP contribution in [0.1, 0.15) is 27.0 Å². The fraction of sp³-hybridized carbons (Fsp3) is 0.286. The Kier molecular flexibility index (Phi) is 8.07. The zero-order valence-electron chi connectivity index (χ0n) is 20.6. The standard InChI is InChI=1S/C28H29Cl2N3O3/c1-18-6-4-5-7-23(18)28(35)33-12-10-32(11-13-33)25-9-8-21(16-24(25)29)31-26(34)17-36-22-14-19(2)27(30)20(3)15-22/h4-9,14-16H,10-13,17H2,1-3H3,(H,31,34). The number of hydrogen-bond donors (Lipinski definition) is 1. The minimum absolute atomic E-state index is 0.0584. The lowest BCUT2D eigenvalue weighted by molar-refractivity contribution is -0.118. The lowest BCUT2D eigenvalue weighted by atomic mass is 10.1. The van der Waals surface area contributed by atoms with Crippen LogP contribution in [0.2, 0.25) is 10.0 Å². The molecule has 0 aliphatic carbocycles. The largest absolute Gasteiger partial charge is 0.484 e. The molecule has 2 amide bonds. The summed E-state index contributed by atoms with van der Waals surface area (Å²) in [5.74, 6) is 0.369. The number of hydrogen-bond acceptors (Lipinski definition) is 4. The molecule has 0 radical (unpaired) electrons. The molecule has 4 rings (SSSR count). The number of halogens is 2. The van der Waals surface area contributed by atoms with Crippen molar-refractivity contribution in [3.05, 3.63) is 86.9 Å². The molecule has 1 saturated heterocycles. The first kappa shape index (κ1) is 25.9. The number of amides is 2. The topological polar surface area (TPSA) is 61.9 Å². The van der Waals surface area contributed by atoms with Crippen molar-refractivity contribution in [2.24, 2.45) is 0 Å². The molecular weight excluding hydrogens is 497 g/mol. The van der Waals surface area contributed by atoms with E-state index in [2.05, 4.69) is 10.2 Å². The van der Waals surface area contributed by atoms with Crippen molar-refractivity contribution in [1.29, 1.82) is 0 Å². The van der Waals surface area contributed by atoms with Crippen LogP contribution in [-0.2, 0) is 4.79 Å². The van der Waals surface area contributed by atoms with E-state index in [4.69, 9.17) is 27.9 Å². The third kappa shape index (κ3) is 5.94. The van der Waals surface area contributed by atoms with E-state index in [-0.39, 0.29) is 18.4 Å². The highest BCUT2D eigenvalue weighted by Crippen LogP contribution is 2.30. The highest BCUT2D eigenvalue weighted by atomic mass is 35.5. The van der Waals surface area contributed by atoms with E-state index in [0.717, 1.165) is 27.9 Å². The zero-order valence-corrected chi connectivity index (χ0v) is 22.1. The van der Waals surface area contributed by atoms with Crippen molar-refractivity contribution in [2.45, 2.75) is 20.8 Å². The van der Waals surface area contributed by atoms with Gasteiger partial charge >= 0.3 is 0 Å². The average Bonchev–Trinajstić information content (AvgIpc) is 2.86. The second-order valence-electron chi connectivity index (χ2n) is 8.97. The molecule has 3 aromatic rings. The highest BCUT2D eigenvalue weighted by molar-refractivity contribution is 6.33. The van der Waals surface area contributed by atoms with Crippen LogP contribution in [0.3, 0.4) is 0 Å². The number of piperazine rings is 1. The van der Waals surface area contributed by atoms with Gasteiger partial charge in [0.1, 0.15) is 5.75 Å². The number of rotatable bonds is 6. The van der Waals surface area contributed by atoms with Crippen LogP contribution in [-0.4, -0.2) is 49.5 Å². The van der Waals surface area contributed by atoms with Gasteiger partial charge in [0.2, 0.25) is 0 Å². The number of nitrogens with zero attached hydrogens (tertiary/aromatic N) is 2. The molecular formula is C28H29Cl2N3O3. The van der Waals surface area contributed by atoms with Crippen molar-refractivity contribution in [3.63, 3.8) is 0 Å². The normalized spacial score (nSPS) is 13.5. The van der Waals surface area contributed by atoms with Crippen LogP contribution in [0.15, 0.2) is 54.6 Å². The Morgan fingerprint density at radius 2 is 1.56 bits per heavy atom. The molecule has 36 heavy (non-hydrogen) atoms. The smallest absolute Gasteiger partial charge is 0.262 e. The van der Waals surface area contributed by atoms with Gasteiger partial charge in [-0.05, 0) is 73.9 Å². The minimum Gasteiger partial charge on any atom is -0.484 e. The fourth-order valence-electron chi connectivity index (χ4n) is 4.31. The van der Waals surface area contributed by atoms with Crippen LogP contribution in [0, 0.1) is 20.8 Å².